The third kappa shape index (κ3) is 10.4. The van der Waals surface area contributed by atoms with Crippen LogP contribution in [0.25, 0.3) is 10.8 Å². The zero-order chi connectivity index (χ0) is 32.8. The summed E-state index contributed by atoms with van der Waals surface area (Å²) in [5.41, 5.74) is 0.520. The number of anilines is 1. The van der Waals surface area contributed by atoms with Crippen molar-refractivity contribution in [3.63, 3.8) is 0 Å². The van der Waals surface area contributed by atoms with Crippen molar-refractivity contribution in [2.24, 2.45) is 10.2 Å². The zero-order valence-electron chi connectivity index (χ0n) is 25.3. The number of benzene rings is 5. The second-order valence-corrected chi connectivity index (χ2v) is 12.7. The van der Waals surface area contributed by atoms with Gasteiger partial charge in [0.15, 0.2) is 11.5 Å². The molecule has 0 amide bonds. The molecule has 0 saturated carbocycles. The zero-order valence-corrected chi connectivity index (χ0v) is 32.5. The molecule has 0 spiro atoms. The SMILES string of the molecule is Cc1ccc(OS(=O)Nc2cc(S(=O)(=O)[O-])cc3cc(SOO[O-])c(N=Nc4cc(Cl)ccc4Oc4ccccc4)c(O)c23)cc1.[Na+].[Na+]. The maximum atomic E-state index is 12.9. The first-order chi connectivity index (χ1) is 22.0. The normalized spacial score (nSPS) is 11.8. The van der Waals surface area contributed by atoms with E-state index in [9.17, 15) is 27.5 Å². The summed E-state index contributed by atoms with van der Waals surface area (Å²) in [6.07, 6.45) is 0. The Labute approximate surface area is 330 Å². The molecule has 0 aliphatic heterocycles. The average Bonchev–Trinajstić information content (AvgIpc) is 3.01. The van der Waals surface area contributed by atoms with Gasteiger partial charge in [-0.05, 0) is 73.0 Å². The molecule has 1 unspecified atom stereocenters. The molecule has 5 rings (SSSR count). The molecule has 0 aromatic heterocycles. The maximum Gasteiger partial charge on any atom is 1.00 e. The van der Waals surface area contributed by atoms with Crippen molar-refractivity contribution >= 4 is 72.9 Å². The van der Waals surface area contributed by atoms with Crippen molar-refractivity contribution in [1.29, 1.82) is 0 Å². The minimum Gasteiger partial charge on any atom is -0.744 e. The largest absolute Gasteiger partial charge is 1.00 e. The van der Waals surface area contributed by atoms with Gasteiger partial charge >= 0.3 is 70.4 Å². The molecule has 0 aliphatic rings. The van der Waals surface area contributed by atoms with E-state index in [-0.39, 0.29) is 103 Å². The molecule has 0 saturated heterocycles. The van der Waals surface area contributed by atoms with Gasteiger partial charge < -0.3 is 23.8 Å². The second kappa shape index (κ2) is 18.1. The van der Waals surface area contributed by atoms with Crippen molar-refractivity contribution < 1.29 is 105 Å². The number of ether oxygens (including phenoxy) is 1. The first-order valence-electron chi connectivity index (χ1n) is 12.8. The van der Waals surface area contributed by atoms with Gasteiger partial charge in [-0.1, -0.05) is 47.5 Å². The molecule has 0 bridgehead atoms. The molecule has 0 fully saturated rings. The van der Waals surface area contributed by atoms with Crippen LogP contribution in [0.3, 0.4) is 0 Å². The molecule has 2 N–H and O–H groups in total. The molecule has 0 radical (unpaired) electrons. The fraction of sp³-hybridized carbons (Fsp3) is 0.0345. The van der Waals surface area contributed by atoms with Gasteiger partial charge in [-0.15, -0.1) is 10.2 Å². The van der Waals surface area contributed by atoms with Crippen LogP contribution < -0.4 is 78.0 Å². The third-order valence-corrected chi connectivity index (χ3v) is 8.49. The number of hydrogen-bond donors (Lipinski definition) is 2. The summed E-state index contributed by atoms with van der Waals surface area (Å²) in [6.45, 7) is 1.85. The minimum atomic E-state index is -5.04. The molecular formula is C29H20ClN3Na2O10S3. The van der Waals surface area contributed by atoms with Crippen molar-refractivity contribution in [3.05, 3.63) is 102 Å². The van der Waals surface area contributed by atoms with Gasteiger partial charge in [-0.25, -0.2) is 8.42 Å². The predicted octanol–water partition coefficient (Wildman–Crippen LogP) is 0.927. The number of aromatic hydroxyl groups is 1. The molecule has 48 heavy (non-hydrogen) atoms. The van der Waals surface area contributed by atoms with E-state index in [0.717, 1.165) is 17.7 Å². The number of hydrogen-bond acceptors (Lipinski definition) is 13. The van der Waals surface area contributed by atoms with Crippen molar-refractivity contribution in [2.75, 3.05) is 4.72 Å². The monoisotopic (exact) mass is 747 g/mol. The van der Waals surface area contributed by atoms with Crippen LogP contribution in [-0.4, -0.2) is 22.3 Å². The van der Waals surface area contributed by atoms with Crippen LogP contribution in [0.2, 0.25) is 5.02 Å². The van der Waals surface area contributed by atoms with E-state index in [1.807, 2.05) is 13.0 Å². The van der Waals surface area contributed by atoms with Gasteiger partial charge in [0.05, 0.1) is 32.9 Å². The van der Waals surface area contributed by atoms with Crippen LogP contribution in [0.15, 0.2) is 111 Å². The quantitative estimate of drug-likeness (QED) is 0.0461. The van der Waals surface area contributed by atoms with Crippen LogP contribution in [-0.2, 0) is 30.8 Å². The van der Waals surface area contributed by atoms with Crippen molar-refractivity contribution in [3.8, 4) is 23.0 Å². The Morgan fingerprint density at radius 2 is 1.65 bits per heavy atom. The number of halogens is 1. The van der Waals surface area contributed by atoms with Gasteiger partial charge in [-0.3, -0.25) is 9.76 Å². The average molecular weight is 748 g/mol. The Hall–Kier alpha value is -2.26. The Balaban J connectivity index is 0.00000312. The Bertz CT molecular complexity index is 2060. The molecule has 0 heterocycles. The van der Waals surface area contributed by atoms with Gasteiger partial charge in [0.1, 0.15) is 33.0 Å². The van der Waals surface area contributed by atoms with E-state index in [1.54, 1.807) is 60.7 Å². The summed E-state index contributed by atoms with van der Waals surface area (Å²) in [4.78, 5) is -0.803. The molecule has 238 valence electrons. The fourth-order valence-corrected chi connectivity index (χ4v) is 5.92. The number of nitrogens with zero attached hydrogens (tertiary/aromatic N) is 2. The molecule has 5 aromatic carbocycles. The molecule has 0 aliphatic carbocycles. The number of aryl methyl sites for hydroxylation is 1. The van der Waals surface area contributed by atoms with E-state index in [4.69, 9.17) is 20.5 Å². The number of nitrogens with one attached hydrogen (secondary N) is 1. The smallest absolute Gasteiger partial charge is 0.744 e. The molecule has 19 heteroatoms. The van der Waals surface area contributed by atoms with Crippen LogP contribution in [0.5, 0.6) is 23.0 Å². The molecular weight excluding hydrogens is 728 g/mol. The van der Waals surface area contributed by atoms with Crippen LogP contribution in [0.1, 0.15) is 5.56 Å². The predicted molar refractivity (Wildman–Crippen MR) is 167 cm³/mol. The van der Waals surface area contributed by atoms with E-state index in [2.05, 4.69) is 24.3 Å². The summed E-state index contributed by atoms with van der Waals surface area (Å²) in [5, 5.41) is 34.0. The number of phenolic OH excluding ortho intramolecular Hbond substituents is 1. The first-order valence-corrected chi connectivity index (χ1v) is 16.4. The summed E-state index contributed by atoms with van der Waals surface area (Å²) in [6, 6.07) is 23.1. The van der Waals surface area contributed by atoms with Gasteiger partial charge in [-0.2, -0.15) is 8.54 Å². The van der Waals surface area contributed by atoms with Gasteiger partial charge in [0.25, 0.3) is 0 Å². The van der Waals surface area contributed by atoms with Gasteiger partial charge in [0.2, 0.25) is 0 Å². The summed E-state index contributed by atoms with van der Waals surface area (Å²) >= 11 is 4.17. The second-order valence-electron chi connectivity index (χ2n) is 9.27. The van der Waals surface area contributed by atoms with E-state index < -0.39 is 32.0 Å². The van der Waals surface area contributed by atoms with Crippen LogP contribution in [0.4, 0.5) is 17.1 Å². The topological polar surface area (TPSA) is 191 Å². The number of rotatable bonds is 12. The van der Waals surface area contributed by atoms with E-state index in [0.29, 0.717) is 22.8 Å². The number of azo groups is 1. The van der Waals surface area contributed by atoms with Gasteiger partial charge in [0, 0.05) is 5.02 Å². The van der Waals surface area contributed by atoms with E-state index >= 15 is 0 Å². The standard InChI is InChI=1S/C29H22ClN3O10S3.2Na/c1-17-7-10-21(11-8-17)41-45(36)33-24-16-22(46(37,38)39)13-18-14-26(44-43-42-35)28(29(34)27(18)24)32-31-23-15-19(30)9-12-25(23)40-20-5-3-2-4-6-20;;/h2-16,33-35H,1H3,(H,37,38,39);;/q;2*+1/p-2. The van der Waals surface area contributed by atoms with Crippen molar-refractivity contribution in [2.45, 2.75) is 16.7 Å². The van der Waals surface area contributed by atoms with Crippen LogP contribution >= 0.6 is 23.6 Å². The Morgan fingerprint density at radius 1 is 0.938 bits per heavy atom. The Kier molecular flexibility index (Phi) is 15.2. The molecule has 1 atom stereocenters. The fourth-order valence-electron chi connectivity index (χ4n) is 4.06. The number of para-hydroxylation sites is 1. The number of phenols is 1. The summed E-state index contributed by atoms with van der Waals surface area (Å²) < 4.78 is 67.1. The molecule has 5 aromatic rings. The maximum absolute atomic E-state index is 12.9. The van der Waals surface area contributed by atoms with Crippen LogP contribution in [0, 0.1) is 6.92 Å². The number of fused-ring (bicyclic) bond motifs is 1. The first kappa shape index (κ1) is 40.2. The molecule has 13 nitrogen and oxygen atoms in total. The minimum absolute atomic E-state index is 0. The summed E-state index contributed by atoms with van der Waals surface area (Å²) in [7, 11) is -5.04. The van der Waals surface area contributed by atoms with Crippen molar-refractivity contribution in [1.82, 2.24) is 0 Å². The summed E-state index contributed by atoms with van der Waals surface area (Å²) in [5.74, 6) is 0.336. The van der Waals surface area contributed by atoms with E-state index in [1.165, 1.54) is 12.1 Å². The Morgan fingerprint density at radius 3 is 2.31 bits per heavy atom. The third-order valence-electron chi connectivity index (χ3n) is 6.10.